The first-order valence-electron chi connectivity index (χ1n) is 9.85. The molecule has 2 aromatic heterocycles. The van der Waals surface area contributed by atoms with Crippen molar-refractivity contribution in [3.63, 3.8) is 0 Å². The maximum Gasteiger partial charge on any atom is 0.218 e. The van der Waals surface area contributed by atoms with Crippen molar-refractivity contribution < 1.29 is 9.15 Å². The van der Waals surface area contributed by atoms with Gasteiger partial charge in [0, 0.05) is 25.0 Å². The lowest BCUT2D eigenvalue weighted by Gasteiger charge is -2.06. The standard InChI is InChI=1S/C25H24N2O2/c1-2-7-21(8-3-1)12-15-25-26-23(20-29-25)19-28-24-13-10-22(11-14-24)9-6-18-27-16-4-5-17-27/h1-5,7-8,10-17,20H,6,9,18-19H2. The van der Waals surface area contributed by atoms with Gasteiger partial charge in [-0.25, -0.2) is 4.98 Å². The van der Waals surface area contributed by atoms with E-state index >= 15 is 0 Å². The zero-order chi connectivity index (χ0) is 19.7. The molecule has 0 amide bonds. The van der Waals surface area contributed by atoms with E-state index in [-0.39, 0.29) is 0 Å². The molecule has 146 valence electrons. The zero-order valence-corrected chi connectivity index (χ0v) is 16.3. The van der Waals surface area contributed by atoms with Gasteiger partial charge in [0.05, 0.1) is 0 Å². The van der Waals surface area contributed by atoms with Crippen LogP contribution >= 0.6 is 0 Å². The summed E-state index contributed by atoms with van der Waals surface area (Å²) < 4.78 is 13.5. The summed E-state index contributed by atoms with van der Waals surface area (Å²) in [7, 11) is 0. The molecule has 0 aliphatic rings. The van der Waals surface area contributed by atoms with Gasteiger partial charge in [-0.3, -0.25) is 0 Å². The van der Waals surface area contributed by atoms with E-state index in [2.05, 4.69) is 46.2 Å². The summed E-state index contributed by atoms with van der Waals surface area (Å²) >= 11 is 0. The first-order valence-corrected chi connectivity index (χ1v) is 9.85. The molecular formula is C25H24N2O2. The minimum absolute atomic E-state index is 0.385. The number of oxazole rings is 1. The predicted octanol–water partition coefficient (Wildman–Crippen LogP) is 5.86. The first kappa shape index (κ1) is 18.8. The minimum Gasteiger partial charge on any atom is -0.487 e. The second-order valence-electron chi connectivity index (χ2n) is 6.88. The molecule has 0 aliphatic carbocycles. The summed E-state index contributed by atoms with van der Waals surface area (Å²) in [6.07, 6.45) is 11.9. The number of hydrogen-bond acceptors (Lipinski definition) is 3. The molecule has 0 N–H and O–H groups in total. The normalized spacial score (nSPS) is 11.2. The highest BCUT2D eigenvalue weighted by atomic mass is 16.5. The van der Waals surface area contributed by atoms with Gasteiger partial charge in [-0.1, -0.05) is 42.5 Å². The van der Waals surface area contributed by atoms with Crippen LogP contribution in [0.1, 0.15) is 29.1 Å². The van der Waals surface area contributed by atoms with Crippen molar-refractivity contribution in [3.05, 3.63) is 108 Å². The van der Waals surface area contributed by atoms with Crippen LogP contribution in [-0.2, 0) is 19.6 Å². The van der Waals surface area contributed by atoms with E-state index in [1.807, 2.05) is 54.6 Å². The van der Waals surface area contributed by atoms with Crippen molar-refractivity contribution in [3.8, 4) is 5.75 Å². The van der Waals surface area contributed by atoms with Gasteiger partial charge in [0.2, 0.25) is 5.89 Å². The molecule has 0 radical (unpaired) electrons. The minimum atomic E-state index is 0.385. The van der Waals surface area contributed by atoms with E-state index < -0.39 is 0 Å². The fourth-order valence-corrected chi connectivity index (χ4v) is 3.09. The number of rotatable bonds is 9. The lowest BCUT2D eigenvalue weighted by atomic mass is 10.1. The second kappa shape index (κ2) is 9.60. The number of aromatic nitrogens is 2. The van der Waals surface area contributed by atoms with Gasteiger partial charge in [0.1, 0.15) is 24.3 Å². The van der Waals surface area contributed by atoms with Crippen LogP contribution in [0.2, 0.25) is 0 Å². The summed E-state index contributed by atoms with van der Waals surface area (Å²) in [6, 6.07) is 22.5. The summed E-state index contributed by atoms with van der Waals surface area (Å²) in [5.74, 6) is 1.41. The van der Waals surface area contributed by atoms with E-state index in [1.54, 1.807) is 6.26 Å². The van der Waals surface area contributed by atoms with Crippen LogP contribution in [0.3, 0.4) is 0 Å². The first-order chi connectivity index (χ1) is 14.3. The topological polar surface area (TPSA) is 40.2 Å². The lowest BCUT2D eigenvalue weighted by Crippen LogP contribution is -1.97. The van der Waals surface area contributed by atoms with E-state index in [0.717, 1.165) is 36.4 Å². The van der Waals surface area contributed by atoms with Gasteiger partial charge >= 0.3 is 0 Å². The second-order valence-corrected chi connectivity index (χ2v) is 6.88. The average Bonchev–Trinajstić information content (AvgIpc) is 3.45. The monoisotopic (exact) mass is 384 g/mol. The Balaban J connectivity index is 1.24. The zero-order valence-electron chi connectivity index (χ0n) is 16.3. The molecule has 4 nitrogen and oxygen atoms in total. The molecule has 0 unspecified atom stereocenters. The van der Waals surface area contributed by atoms with E-state index in [1.165, 1.54) is 5.56 Å². The van der Waals surface area contributed by atoms with Crippen molar-refractivity contribution >= 4 is 12.2 Å². The number of aryl methyl sites for hydroxylation is 2. The van der Waals surface area contributed by atoms with Crippen molar-refractivity contribution in [1.29, 1.82) is 0 Å². The Morgan fingerprint density at radius 3 is 2.48 bits per heavy atom. The van der Waals surface area contributed by atoms with E-state index in [0.29, 0.717) is 12.5 Å². The molecule has 0 saturated heterocycles. The molecule has 4 aromatic rings. The Labute approximate surface area is 171 Å². The Bertz CT molecular complexity index is 1020. The third-order valence-electron chi connectivity index (χ3n) is 4.65. The molecule has 0 bridgehead atoms. The van der Waals surface area contributed by atoms with Crippen LogP contribution < -0.4 is 4.74 Å². The fraction of sp³-hybridized carbons (Fsp3) is 0.160. The third kappa shape index (κ3) is 5.72. The molecule has 2 heterocycles. The van der Waals surface area contributed by atoms with Gasteiger partial charge < -0.3 is 13.7 Å². The van der Waals surface area contributed by atoms with Crippen LogP contribution in [0, 0.1) is 0 Å². The molecular weight excluding hydrogens is 360 g/mol. The Morgan fingerprint density at radius 1 is 0.897 bits per heavy atom. The number of nitrogens with zero attached hydrogens (tertiary/aromatic N) is 2. The quantitative estimate of drug-likeness (QED) is 0.363. The summed E-state index contributed by atoms with van der Waals surface area (Å²) in [5, 5.41) is 0. The van der Waals surface area contributed by atoms with Crippen LogP contribution in [0.5, 0.6) is 5.75 Å². The van der Waals surface area contributed by atoms with E-state index in [9.17, 15) is 0 Å². The van der Waals surface area contributed by atoms with Crippen molar-refractivity contribution in [1.82, 2.24) is 9.55 Å². The van der Waals surface area contributed by atoms with Crippen LogP contribution in [0.15, 0.2) is 89.8 Å². The third-order valence-corrected chi connectivity index (χ3v) is 4.65. The number of benzene rings is 2. The lowest BCUT2D eigenvalue weighted by molar-refractivity contribution is 0.301. The maximum atomic E-state index is 5.84. The number of ether oxygens (including phenoxy) is 1. The Hall–Kier alpha value is -3.53. The highest BCUT2D eigenvalue weighted by Gasteiger charge is 2.03. The summed E-state index contributed by atoms with van der Waals surface area (Å²) in [6.45, 7) is 1.42. The van der Waals surface area contributed by atoms with Gasteiger partial charge in [0.15, 0.2) is 0 Å². The van der Waals surface area contributed by atoms with Gasteiger partial charge in [0.25, 0.3) is 0 Å². The van der Waals surface area contributed by atoms with Crippen molar-refractivity contribution in [2.24, 2.45) is 0 Å². The largest absolute Gasteiger partial charge is 0.487 e. The molecule has 0 spiro atoms. The van der Waals surface area contributed by atoms with Crippen molar-refractivity contribution in [2.75, 3.05) is 0 Å². The SMILES string of the molecule is C(=Cc1nc(COc2ccc(CCCn3cccc3)cc2)co1)c1ccccc1. The molecule has 0 aliphatic heterocycles. The predicted molar refractivity (Wildman–Crippen MR) is 115 cm³/mol. The molecule has 0 fully saturated rings. The highest BCUT2D eigenvalue weighted by Crippen LogP contribution is 2.16. The van der Waals surface area contributed by atoms with Gasteiger partial charge in [-0.05, 0) is 54.3 Å². The Kier molecular flexibility index (Phi) is 6.23. The van der Waals surface area contributed by atoms with Gasteiger partial charge in [-0.15, -0.1) is 0 Å². The summed E-state index contributed by atoms with van der Waals surface area (Å²) in [5.41, 5.74) is 3.20. The molecule has 0 saturated carbocycles. The molecule has 0 atom stereocenters. The van der Waals surface area contributed by atoms with Crippen LogP contribution in [0.25, 0.3) is 12.2 Å². The fourth-order valence-electron chi connectivity index (χ4n) is 3.09. The van der Waals surface area contributed by atoms with Crippen molar-refractivity contribution in [2.45, 2.75) is 26.0 Å². The Morgan fingerprint density at radius 2 is 1.69 bits per heavy atom. The highest BCUT2D eigenvalue weighted by molar-refractivity contribution is 5.65. The molecule has 2 aromatic carbocycles. The number of hydrogen-bond donors (Lipinski definition) is 0. The molecule has 4 heteroatoms. The van der Waals surface area contributed by atoms with E-state index in [4.69, 9.17) is 9.15 Å². The van der Waals surface area contributed by atoms with Gasteiger partial charge in [-0.2, -0.15) is 0 Å². The van der Waals surface area contributed by atoms with Crippen LogP contribution in [-0.4, -0.2) is 9.55 Å². The maximum absolute atomic E-state index is 5.84. The van der Waals surface area contributed by atoms with Crippen LogP contribution in [0.4, 0.5) is 0 Å². The molecule has 29 heavy (non-hydrogen) atoms. The molecule has 4 rings (SSSR count). The summed E-state index contributed by atoms with van der Waals surface area (Å²) in [4.78, 5) is 4.44. The smallest absolute Gasteiger partial charge is 0.218 e. The average molecular weight is 384 g/mol.